The fraction of sp³-hybridized carbons (Fsp3) is 0.400. The van der Waals surface area contributed by atoms with Crippen LogP contribution in [-0.2, 0) is 19.6 Å². The van der Waals surface area contributed by atoms with Crippen molar-refractivity contribution in [2.75, 3.05) is 18.5 Å². The van der Waals surface area contributed by atoms with Gasteiger partial charge in [-0.3, -0.25) is 4.79 Å². The van der Waals surface area contributed by atoms with Crippen LogP contribution in [0.4, 0.5) is 5.13 Å². The first kappa shape index (κ1) is 20.1. The number of carbonyl (C=O) groups is 2. The maximum absolute atomic E-state index is 12.6. The molecular formula is C15H20N4O5S2. The van der Waals surface area contributed by atoms with Gasteiger partial charge < -0.3 is 15.0 Å². The number of nitrogens with zero attached hydrogens (tertiary/aromatic N) is 1. The molecule has 0 fully saturated rings. The zero-order valence-electron chi connectivity index (χ0n) is 14.8. The molecule has 9 nitrogen and oxygen atoms in total. The second-order valence-corrected chi connectivity index (χ2v) is 8.03. The van der Waals surface area contributed by atoms with E-state index in [2.05, 4.69) is 20.0 Å². The second kappa shape index (κ2) is 7.98. The van der Waals surface area contributed by atoms with Gasteiger partial charge in [-0.25, -0.2) is 22.9 Å². The molecule has 0 aliphatic heterocycles. The van der Waals surface area contributed by atoms with Crippen LogP contribution in [0.15, 0.2) is 10.3 Å². The van der Waals surface area contributed by atoms with Crippen molar-refractivity contribution in [3.8, 4) is 0 Å². The summed E-state index contributed by atoms with van der Waals surface area (Å²) in [4.78, 5) is 30.7. The molecule has 26 heavy (non-hydrogen) atoms. The number of hydrogen-bond acceptors (Lipinski definition) is 7. The van der Waals surface area contributed by atoms with E-state index < -0.39 is 28.4 Å². The zero-order chi connectivity index (χ0) is 19.5. The number of rotatable bonds is 7. The number of anilines is 1. The number of sulfonamides is 1. The Morgan fingerprint density at radius 1 is 1.27 bits per heavy atom. The summed E-state index contributed by atoms with van der Waals surface area (Å²) in [5.41, 5.74) is 1.36. The largest absolute Gasteiger partial charge is 0.462 e. The molecule has 2 rings (SSSR count). The Morgan fingerprint density at radius 3 is 2.54 bits per heavy atom. The average molecular weight is 400 g/mol. The van der Waals surface area contributed by atoms with Crippen molar-refractivity contribution in [2.45, 2.75) is 32.6 Å². The minimum Gasteiger partial charge on any atom is -0.462 e. The summed E-state index contributed by atoms with van der Waals surface area (Å²) in [6.45, 7) is 6.14. The lowest BCUT2D eigenvalue weighted by Gasteiger charge is -2.09. The molecule has 0 radical (unpaired) electrons. The van der Waals surface area contributed by atoms with Gasteiger partial charge in [0.15, 0.2) is 5.13 Å². The van der Waals surface area contributed by atoms with E-state index in [1.54, 1.807) is 26.2 Å². The van der Waals surface area contributed by atoms with E-state index in [1.807, 2.05) is 0 Å². The SMILES string of the molecule is CCOC(=O)c1c(C)[nH]c(C)c1S(=O)(=O)NCC(=O)Nc1nc(C)cs1. The molecule has 2 heterocycles. The Bertz CT molecular complexity index is 930. The zero-order valence-corrected chi connectivity index (χ0v) is 16.4. The molecular weight excluding hydrogens is 380 g/mol. The Balaban J connectivity index is 2.17. The first-order valence-electron chi connectivity index (χ1n) is 7.73. The van der Waals surface area contributed by atoms with Gasteiger partial charge in [-0.2, -0.15) is 0 Å². The van der Waals surface area contributed by atoms with Gasteiger partial charge in [0.25, 0.3) is 0 Å². The molecule has 0 aliphatic carbocycles. The van der Waals surface area contributed by atoms with Gasteiger partial charge in [0.05, 0.1) is 18.8 Å². The Hall–Kier alpha value is -2.24. The number of nitrogens with one attached hydrogen (secondary N) is 3. The van der Waals surface area contributed by atoms with Crippen LogP contribution in [0.3, 0.4) is 0 Å². The predicted octanol–water partition coefficient (Wildman–Crippen LogP) is 1.49. The summed E-state index contributed by atoms with van der Waals surface area (Å²) >= 11 is 1.24. The lowest BCUT2D eigenvalue weighted by Crippen LogP contribution is -2.33. The number of aromatic nitrogens is 2. The Morgan fingerprint density at radius 2 is 1.96 bits per heavy atom. The van der Waals surface area contributed by atoms with Crippen molar-refractivity contribution in [2.24, 2.45) is 0 Å². The quantitative estimate of drug-likeness (QED) is 0.604. The minimum absolute atomic E-state index is 0.0622. The highest BCUT2D eigenvalue weighted by molar-refractivity contribution is 7.89. The second-order valence-electron chi connectivity index (χ2n) is 5.47. The number of hydrogen-bond donors (Lipinski definition) is 3. The number of thiazole rings is 1. The highest BCUT2D eigenvalue weighted by Crippen LogP contribution is 2.24. The summed E-state index contributed by atoms with van der Waals surface area (Å²) in [5.74, 6) is -1.30. The maximum atomic E-state index is 12.6. The summed E-state index contributed by atoms with van der Waals surface area (Å²) < 4.78 is 32.4. The van der Waals surface area contributed by atoms with E-state index in [9.17, 15) is 18.0 Å². The molecule has 0 spiro atoms. The number of aromatic amines is 1. The molecule has 2 aromatic rings. The molecule has 0 atom stereocenters. The van der Waals surface area contributed by atoms with Crippen LogP contribution >= 0.6 is 11.3 Å². The van der Waals surface area contributed by atoms with E-state index in [0.29, 0.717) is 10.8 Å². The van der Waals surface area contributed by atoms with E-state index in [-0.39, 0.29) is 22.8 Å². The van der Waals surface area contributed by atoms with Crippen molar-refractivity contribution in [3.63, 3.8) is 0 Å². The van der Waals surface area contributed by atoms with Crippen LogP contribution in [0, 0.1) is 20.8 Å². The Labute approximate surface area is 155 Å². The molecule has 11 heteroatoms. The fourth-order valence-corrected chi connectivity index (χ4v) is 4.48. The van der Waals surface area contributed by atoms with Gasteiger partial charge >= 0.3 is 5.97 Å². The minimum atomic E-state index is -4.11. The molecule has 0 saturated heterocycles. The van der Waals surface area contributed by atoms with Crippen molar-refractivity contribution < 1.29 is 22.7 Å². The summed E-state index contributed by atoms with van der Waals surface area (Å²) in [5, 5.41) is 4.65. The van der Waals surface area contributed by atoms with Crippen LogP contribution in [0.25, 0.3) is 0 Å². The normalized spacial score (nSPS) is 11.4. The van der Waals surface area contributed by atoms with Crippen LogP contribution in [-0.4, -0.2) is 43.4 Å². The highest BCUT2D eigenvalue weighted by atomic mass is 32.2. The van der Waals surface area contributed by atoms with Crippen LogP contribution < -0.4 is 10.0 Å². The van der Waals surface area contributed by atoms with Gasteiger partial charge in [0.2, 0.25) is 15.9 Å². The lowest BCUT2D eigenvalue weighted by molar-refractivity contribution is -0.115. The third kappa shape index (κ3) is 4.48. The molecule has 0 saturated carbocycles. The van der Waals surface area contributed by atoms with Crippen LogP contribution in [0.1, 0.15) is 34.4 Å². The molecule has 142 valence electrons. The molecule has 0 aliphatic rings. The molecule has 0 aromatic carbocycles. The van der Waals surface area contributed by atoms with Crippen molar-refractivity contribution in [3.05, 3.63) is 28.0 Å². The van der Waals surface area contributed by atoms with E-state index in [0.717, 1.165) is 5.69 Å². The number of aryl methyl sites for hydroxylation is 3. The number of H-pyrrole nitrogens is 1. The van der Waals surface area contributed by atoms with E-state index >= 15 is 0 Å². The van der Waals surface area contributed by atoms with Crippen LogP contribution in [0.2, 0.25) is 0 Å². The third-order valence-corrected chi connectivity index (χ3v) is 5.80. The van der Waals surface area contributed by atoms with Gasteiger partial charge in [0, 0.05) is 16.8 Å². The summed E-state index contributed by atoms with van der Waals surface area (Å²) in [7, 11) is -4.11. The summed E-state index contributed by atoms with van der Waals surface area (Å²) in [6, 6.07) is 0. The number of ether oxygens (including phenoxy) is 1. The van der Waals surface area contributed by atoms with Gasteiger partial charge in [-0.05, 0) is 27.7 Å². The fourth-order valence-electron chi connectivity index (χ4n) is 2.35. The average Bonchev–Trinajstić information content (AvgIpc) is 3.08. The van der Waals surface area contributed by atoms with E-state index in [4.69, 9.17) is 4.74 Å². The standard InChI is InChI=1S/C15H20N4O5S2/c1-5-24-14(21)12-9(3)18-10(4)13(12)26(22,23)16-6-11(20)19-15-17-8(2)7-25-15/h7,16,18H,5-6H2,1-4H3,(H,17,19,20). The summed E-state index contributed by atoms with van der Waals surface area (Å²) in [6.07, 6.45) is 0. The first-order valence-corrected chi connectivity index (χ1v) is 10.1. The van der Waals surface area contributed by atoms with Gasteiger partial charge in [-0.1, -0.05) is 0 Å². The van der Waals surface area contributed by atoms with Gasteiger partial charge in [-0.15, -0.1) is 11.3 Å². The first-order chi connectivity index (χ1) is 12.2. The molecule has 3 N–H and O–H groups in total. The van der Waals surface area contributed by atoms with Crippen LogP contribution in [0.5, 0.6) is 0 Å². The lowest BCUT2D eigenvalue weighted by atomic mass is 10.2. The molecule has 1 amide bonds. The number of esters is 1. The predicted molar refractivity (Wildman–Crippen MR) is 96.9 cm³/mol. The molecule has 0 bridgehead atoms. The van der Waals surface area contributed by atoms with Crippen molar-refractivity contribution in [1.82, 2.24) is 14.7 Å². The topological polar surface area (TPSA) is 130 Å². The van der Waals surface area contributed by atoms with Gasteiger partial charge in [0.1, 0.15) is 10.5 Å². The van der Waals surface area contributed by atoms with Crippen molar-refractivity contribution in [1.29, 1.82) is 0 Å². The Kier molecular flexibility index (Phi) is 6.16. The number of amides is 1. The third-order valence-electron chi connectivity index (χ3n) is 3.35. The smallest absolute Gasteiger partial charge is 0.341 e. The monoisotopic (exact) mass is 400 g/mol. The molecule has 0 unspecified atom stereocenters. The highest BCUT2D eigenvalue weighted by Gasteiger charge is 2.30. The van der Waals surface area contributed by atoms with Crippen molar-refractivity contribution >= 4 is 38.4 Å². The molecule has 2 aromatic heterocycles. The van der Waals surface area contributed by atoms with E-state index in [1.165, 1.54) is 18.3 Å². The maximum Gasteiger partial charge on any atom is 0.341 e. The number of carbonyl (C=O) groups excluding carboxylic acids is 2.